The molecule has 0 aliphatic rings. The average molecular weight is 215 g/mol. The molecule has 2 atom stereocenters. The van der Waals surface area contributed by atoms with Gasteiger partial charge in [0, 0.05) is 18.5 Å². The van der Waals surface area contributed by atoms with Crippen molar-refractivity contribution < 1.29 is 5.21 Å². The fraction of sp³-hybridized carbons (Fsp3) is 0.909. The van der Waals surface area contributed by atoms with Crippen molar-refractivity contribution in [3.05, 3.63) is 0 Å². The maximum absolute atomic E-state index is 8.55. The summed E-state index contributed by atoms with van der Waals surface area (Å²) in [5, 5.41) is 11.6. The van der Waals surface area contributed by atoms with Crippen molar-refractivity contribution in [2.75, 3.05) is 7.05 Å². The Morgan fingerprint density at radius 1 is 1.40 bits per heavy atom. The quantitative estimate of drug-likeness (QED) is 0.308. The smallest absolute Gasteiger partial charge is 0.140 e. The molecule has 4 heteroatoms. The van der Waals surface area contributed by atoms with Crippen molar-refractivity contribution in [3.63, 3.8) is 0 Å². The molecule has 15 heavy (non-hydrogen) atoms. The van der Waals surface area contributed by atoms with Gasteiger partial charge in [0.05, 0.1) is 0 Å². The third-order valence-corrected chi connectivity index (χ3v) is 3.23. The molecule has 0 heterocycles. The lowest BCUT2D eigenvalue weighted by atomic mass is 10.0. The van der Waals surface area contributed by atoms with Crippen LogP contribution in [-0.2, 0) is 0 Å². The zero-order valence-electron chi connectivity index (χ0n) is 10.6. The van der Waals surface area contributed by atoms with E-state index >= 15 is 0 Å². The first-order chi connectivity index (χ1) is 6.93. The summed E-state index contributed by atoms with van der Waals surface area (Å²) in [5.41, 5.74) is 5.54. The molecule has 0 saturated heterocycles. The van der Waals surface area contributed by atoms with Crippen LogP contribution in [0.1, 0.15) is 40.5 Å². The van der Waals surface area contributed by atoms with Crippen LogP contribution >= 0.6 is 0 Å². The Balaban J connectivity index is 4.40. The highest BCUT2D eigenvalue weighted by Gasteiger charge is 2.21. The van der Waals surface area contributed by atoms with Gasteiger partial charge in [0.15, 0.2) is 0 Å². The molecule has 0 bridgehead atoms. The van der Waals surface area contributed by atoms with Crippen LogP contribution in [0.25, 0.3) is 0 Å². The Morgan fingerprint density at radius 2 is 1.93 bits per heavy atom. The second-order valence-electron chi connectivity index (χ2n) is 4.51. The second-order valence-corrected chi connectivity index (χ2v) is 4.51. The molecule has 90 valence electrons. The fourth-order valence-corrected chi connectivity index (χ4v) is 1.66. The van der Waals surface area contributed by atoms with Crippen molar-refractivity contribution in [1.82, 2.24) is 4.90 Å². The predicted octanol–water partition coefficient (Wildman–Crippen LogP) is 1.88. The Bertz CT molecular complexity index is 204. The SMILES string of the molecule is CCC(C/C(N)=N/O)N(C)C(C)C(C)C. The lowest BCUT2D eigenvalue weighted by Crippen LogP contribution is -2.43. The molecule has 0 fully saturated rings. The van der Waals surface area contributed by atoms with Gasteiger partial charge in [-0.1, -0.05) is 25.9 Å². The monoisotopic (exact) mass is 215 g/mol. The van der Waals surface area contributed by atoms with E-state index in [2.05, 4.69) is 44.8 Å². The third-order valence-electron chi connectivity index (χ3n) is 3.23. The first-order valence-corrected chi connectivity index (χ1v) is 5.62. The minimum absolute atomic E-state index is 0.310. The van der Waals surface area contributed by atoms with Crippen LogP contribution in [0, 0.1) is 5.92 Å². The van der Waals surface area contributed by atoms with Crippen molar-refractivity contribution in [1.29, 1.82) is 0 Å². The van der Waals surface area contributed by atoms with Crippen LogP contribution in [0.15, 0.2) is 5.16 Å². The van der Waals surface area contributed by atoms with Crippen LogP contribution < -0.4 is 5.73 Å². The number of hydrogen-bond donors (Lipinski definition) is 2. The minimum Gasteiger partial charge on any atom is -0.409 e. The van der Waals surface area contributed by atoms with Gasteiger partial charge in [-0.3, -0.25) is 0 Å². The summed E-state index contributed by atoms with van der Waals surface area (Å²) in [4.78, 5) is 2.31. The average Bonchev–Trinajstić information content (AvgIpc) is 2.23. The number of oxime groups is 1. The Morgan fingerprint density at radius 3 is 2.27 bits per heavy atom. The van der Waals surface area contributed by atoms with Crippen molar-refractivity contribution >= 4 is 5.84 Å². The van der Waals surface area contributed by atoms with E-state index in [0.717, 1.165) is 6.42 Å². The summed E-state index contributed by atoms with van der Waals surface area (Å²) < 4.78 is 0. The zero-order chi connectivity index (χ0) is 12.0. The first kappa shape index (κ1) is 14.2. The maximum atomic E-state index is 8.55. The number of hydrogen-bond acceptors (Lipinski definition) is 3. The molecule has 0 aromatic carbocycles. The molecular formula is C11H25N3O. The molecule has 0 aromatic heterocycles. The summed E-state index contributed by atoms with van der Waals surface area (Å²) in [6.45, 7) is 8.74. The van der Waals surface area contributed by atoms with Gasteiger partial charge in [0.2, 0.25) is 0 Å². The number of amidine groups is 1. The van der Waals surface area contributed by atoms with Gasteiger partial charge < -0.3 is 15.8 Å². The van der Waals surface area contributed by atoms with E-state index in [1.54, 1.807) is 0 Å². The molecule has 0 amide bonds. The van der Waals surface area contributed by atoms with Gasteiger partial charge in [-0.25, -0.2) is 0 Å². The van der Waals surface area contributed by atoms with E-state index in [1.807, 2.05) is 0 Å². The highest BCUT2D eigenvalue weighted by atomic mass is 16.4. The minimum atomic E-state index is 0.310. The molecule has 0 aromatic rings. The summed E-state index contributed by atoms with van der Waals surface area (Å²) in [6.07, 6.45) is 1.63. The first-order valence-electron chi connectivity index (χ1n) is 5.62. The van der Waals surface area contributed by atoms with Gasteiger partial charge in [0.1, 0.15) is 5.84 Å². The maximum Gasteiger partial charge on any atom is 0.140 e. The van der Waals surface area contributed by atoms with Crippen molar-refractivity contribution in [3.8, 4) is 0 Å². The van der Waals surface area contributed by atoms with E-state index < -0.39 is 0 Å². The third kappa shape index (κ3) is 4.51. The van der Waals surface area contributed by atoms with Crippen LogP contribution in [0.4, 0.5) is 0 Å². The molecule has 0 aliphatic carbocycles. The number of rotatable bonds is 6. The second kappa shape index (κ2) is 6.67. The lowest BCUT2D eigenvalue weighted by molar-refractivity contribution is 0.146. The van der Waals surface area contributed by atoms with E-state index in [4.69, 9.17) is 10.9 Å². The van der Waals surface area contributed by atoms with E-state index in [-0.39, 0.29) is 0 Å². The highest BCUT2D eigenvalue weighted by molar-refractivity contribution is 5.80. The Labute approximate surface area is 93.1 Å². The molecular weight excluding hydrogens is 190 g/mol. The standard InChI is InChI=1S/C11H25N3O/c1-6-10(7-11(12)13-15)14(5)9(4)8(2)3/h8-10,15H,6-7H2,1-5H3,(H2,12,13). The van der Waals surface area contributed by atoms with Crippen molar-refractivity contribution in [2.45, 2.75) is 52.6 Å². The predicted molar refractivity (Wildman–Crippen MR) is 64.2 cm³/mol. The van der Waals surface area contributed by atoms with E-state index in [1.165, 1.54) is 0 Å². The van der Waals surface area contributed by atoms with E-state index in [9.17, 15) is 0 Å². The summed E-state index contributed by atoms with van der Waals surface area (Å²) in [6, 6.07) is 0.847. The van der Waals surface area contributed by atoms with Gasteiger partial charge in [-0.15, -0.1) is 0 Å². The van der Waals surface area contributed by atoms with Crippen LogP contribution in [0.3, 0.4) is 0 Å². The Kier molecular flexibility index (Phi) is 6.32. The molecule has 0 saturated carbocycles. The summed E-state index contributed by atoms with van der Waals surface area (Å²) in [7, 11) is 2.10. The highest BCUT2D eigenvalue weighted by Crippen LogP contribution is 2.15. The van der Waals surface area contributed by atoms with Crippen LogP contribution in [0.2, 0.25) is 0 Å². The van der Waals surface area contributed by atoms with E-state index in [0.29, 0.717) is 30.3 Å². The number of nitrogens with zero attached hydrogens (tertiary/aromatic N) is 2. The molecule has 0 rings (SSSR count). The normalized spacial score (nSPS) is 17.1. The zero-order valence-corrected chi connectivity index (χ0v) is 10.6. The largest absolute Gasteiger partial charge is 0.409 e. The molecule has 0 spiro atoms. The lowest BCUT2D eigenvalue weighted by Gasteiger charge is -2.34. The topological polar surface area (TPSA) is 61.9 Å². The van der Waals surface area contributed by atoms with Gasteiger partial charge in [0.25, 0.3) is 0 Å². The molecule has 0 aliphatic heterocycles. The summed E-state index contributed by atoms with van der Waals surface area (Å²) >= 11 is 0. The number of nitrogens with two attached hydrogens (primary N) is 1. The fourth-order valence-electron chi connectivity index (χ4n) is 1.66. The molecule has 2 unspecified atom stereocenters. The molecule has 4 nitrogen and oxygen atoms in total. The summed E-state index contributed by atoms with van der Waals surface area (Å²) in [5.74, 6) is 0.918. The van der Waals surface area contributed by atoms with Gasteiger partial charge >= 0.3 is 0 Å². The van der Waals surface area contributed by atoms with Crippen LogP contribution in [-0.4, -0.2) is 35.1 Å². The Hall–Kier alpha value is -0.770. The van der Waals surface area contributed by atoms with Crippen LogP contribution in [0.5, 0.6) is 0 Å². The van der Waals surface area contributed by atoms with Crippen molar-refractivity contribution in [2.24, 2.45) is 16.8 Å². The molecule has 0 radical (unpaired) electrons. The van der Waals surface area contributed by atoms with Gasteiger partial charge in [-0.05, 0) is 26.3 Å². The molecule has 3 N–H and O–H groups in total. The van der Waals surface area contributed by atoms with Gasteiger partial charge in [-0.2, -0.15) is 0 Å².